The summed E-state index contributed by atoms with van der Waals surface area (Å²) < 4.78 is 33.1. The molecule has 138 valence electrons. The number of nitrogens with zero attached hydrogens (tertiary/aromatic N) is 2. The van der Waals surface area contributed by atoms with Crippen LogP contribution in [-0.2, 0) is 10.0 Å². The van der Waals surface area contributed by atoms with Gasteiger partial charge in [0.25, 0.3) is 10.0 Å². The van der Waals surface area contributed by atoms with Gasteiger partial charge < -0.3 is 4.74 Å². The lowest BCUT2D eigenvalue weighted by Crippen LogP contribution is -2.00. The van der Waals surface area contributed by atoms with Gasteiger partial charge in [-0.05, 0) is 37.5 Å². The van der Waals surface area contributed by atoms with Gasteiger partial charge in [0.15, 0.2) is 0 Å². The molecule has 1 atom stereocenters. The van der Waals surface area contributed by atoms with Crippen molar-refractivity contribution in [3.8, 4) is 5.75 Å². The second-order valence-corrected chi connectivity index (χ2v) is 7.76. The van der Waals surface area contributed by atoms with Gasteiger partial charge in [0.1, 0.15) is 5.75 Å². The van der Waals surface area contributed by atoms with E-state index < -0.39 is 10.0 Å². The van der Waals surface area contributed by atoms with Crippen LogP contribution >= 0.6 is 0 Å². The maximum atomic E-state index is 12.1. The SMILES string of the molecule is COc1ccccc1/C=C/CC(C)CN=NS(=O)(=O)c1ccc(C)cc1. The van der Waals surface area contributed by atoms with Crippen LogP contribution in [-0.4, -0.2) is 22.1 Å². The van der Waals surface area contributed by atoms with Crippen LogP contribution in [0.1, 0.15) is 24.5 Å². The molecule has 0 spiro atoms. The van der Waals surface area contributed by atoms with Crippen LogP contribution in [0.2, 0.25) is 0 Å². The highest BCUT2D eigenvalue weighted by atomic mass is 32.2. The number of allylic oxidation sites excluding steroid dienone is 1. The summed E-state index contributed by atoms with van der Waals surface area (Å²) in [6, 6.07) is 14.3. The normalized spacial score (nSPS) is 13.3. The zero-order valence-electron chi connectivity index (χ0n) is 15.3. The number of aryl methyl sites for hydroxylation is 1. The molecule has 0 bridgehead atoms. The Hall–Kier alpha value is -2.47. The topological polar surface area (TPSA) is 68.1 Å². The average molecular weight is 372 g/mol. The van der Waals surface area contributed by atoms with Crippen molar-refractivity contribution in [2.45, 2.75) is 25.2 Å². The molecule has 2 aromatic rings. The first-order valence-electron chi connectivity index (χ1n) is 8.42. The van der Waals surface area contributed by atoms with E-state index in [1.165, 1.54) is 0 Å². The van der Waals surface area contributed by atoms with Gasteiger partial charge in [0.2, 0.25) is 0 Å². The fourth-order valence-corrected chi connectivity index (χ4v) is 3.11. The molecule has 0 saturated carbocycles. The highest BCUT2D eigenvalue weighted by Gasteiger charge is 2.12. The summed E-state index contributed by atoms with van der Waals surface area (Å²) in [5.41, 5.74) is 2.00. The first-order valence-corrected chi connectivity index (χ1v) is 9.86. The van der Waals surface area contributed by atoms with Gasteiger partial charge >= 0.3 is 0 Å². The molecule has 2 rings (SSSR count). The van der Waals surface area contributed by atoms with Crippen LogP contribution in [0.15, 0.2) is 69.1 Å². The third-order valence-electron chi connectivity index (χ3n) is 3.85. The number of hydrogen-bond donors (Lipinski definition) is 0. The number of methoxy groups -OCH3 is 1. The molecule has 0 fully saturated rings. The second-order valence-electron chi connectivity index (χ2n) is 6.18. The van der Waals surface area contributed by atoms with Crippen molar-refractivity contribution >= 4 is 16.1 Å². The molecule has 5 nitrogen and oxygen atoms in total. The molecule has 0 aliphatic carbocycles. The van der Waals surface area contributed by atoms with Crippen molar-refractivity contribution in [2.75, 3.05) is 13.7 Å². The number of rotatable bonds is 8. The average Bonchev–Trinajstić information content (AvgIpc) is 2.62. The molecular formula is C20H24N2O3S. The molecule has 1 unspecified atom stereocenters. The van der Waals surface area contributed by atoms with Crippen molar-refractivity contribution < 1.29 is 13.2 Å². The minimum atomic E-state index is -3.72. The Morgan fingerprint density at radius 2 is 1.81 bits per heavy atom. The minimum Gasteiger partial charge on any atom is -0.496 e. The fraction of sp³-hybridized carbons (Fsp3) is 0.300. The lowest BCUT2D eigenvalue weighted by Gasteiger charge is -2.05. The van der Waals surface area contributed by atoms with Crippen LogP contribution in [0.25, 0.3) is 6.08 Å². The smallest absolute Gasteiger partial charge is 0.299 e. The molecule has 2 aromatic carbocycles. The van der Waals surface area contributed by atoms with Gasteiger partial charge in [0, 0.05) is 5.56 Å². The molecule has 0 heterocycles. The fourth-order valence-electron chi connectivity index (χ4n) is 2.31. The minimum absolute atomic E-state index is 0.163. The van der Waals surface area contributed by atoms with E-state index >= 15 is 0 Å². The number of para-hydroxylation sites is 1. The van der Waals surface area contributed by atoms with Crippen LogP contribution in [0.4, 0.5) is 0 Å². The van der Waals surface area contributed by atoms with Gasteiger partial charge in [-0.15, -0.1) is 0 Å². The largest absolute Gasteiger partial charge is 0.496 e. The van der Waals surface area contributed by atoms with E-state index in [1.54, 1.807) is 31.4 Å². The summed E-state index contributed by atoms with van der Waals surface area (Å²) >= 11 is 0. The highest BCUT2D eigenvalue weighted by Crippen LogP contribution is 2.19. The molecule has 0 amide bonds. The van der Waals surface area contributed by atoms with Crippen LogP contribution in [0.5, 0.6) is 5.75 Å². The third-order valence-corrected chi connectivity index (χ3v) is 5.05. The monoisotopic (exact) mass is 372 g/mol. The predicted molar refractivity (Wildman–Crippen MR) is 104 cm³/mol. The van der Waals surface area contributed by atoms with E-state index in [-0.39, 0.29) is 10.8 Å². The lowest BCUT2D eigenvalue weighted by atomic mass is 10.1. The van der Waals surface area contributed by atoms with E-state index in [9.17, 15) is 8.42 Å². The molecule has 0 aliphatic rings. The Labute approximate surface area is 155 Å². The Balaban J connectivity index is 1.89. The molecule has 0 saturated heterocycles. The quantitative estimate of drug-likeness (QED) is 0.620. The first-order chi connectivity index (χ1) is 12.4. The highest BCUT2D eigenvalue weighted by molar-refractivity contribution is 7.90. The zero-order valence-corrected chi connectivity index (χ0v) is 16.1. The van der Waals surface area contributed by atoms with Crippen molar-refractivity contribution in [3.63, 3.8) is 0 Å². The Morgan fingerprint density at radius 3 is 2.50 bits per heavy atom. The summed E-state index contributed by atoms with van der Waals surface area (Å²) in [6.45, 7) is 4.25. The van der Waals surface area contributed by atoms with Crippen molar-refractivity contribution in [3.05, 3.63) is 65.7 Å². The first kappa shape index (κ1) is 19.8. The lowest BCUT2D eigenvalue weighted by molar-refractivity contribution is 0.414. The molecule has 6 heteroatoms. The van der Waals surface area contributed by atoms with Gasteiger partial charge in [-0.25, -0.2) is 0 Å². The van der Waals surface area contributed by atoms with Gasteiger partial charge in [0.05, 0.1) is 18.6 Å². The van der Waals surface area contributed by atoms with Crippen LogP contribution < -0.4 is 4.74 Å². The zero-order chi connectivity index (χ0) is 19.0. The maximum Gasteiger partial charge on any atom is 0.299 e. The van der Waals surface area contributed by atoms with E-state index in [0.29, 0.717) is 6.54 Å². The van der Waals surface area contributed by atoms with Crippen molar-refractivity contribution in [2.24, 2.45) is 15.6 Å². The molecule has 0 N–H and O–H groups in total. The number of ether oxygens (including phenoxy) is 1. The molecule has 26 heavy (non-hydrogen) atoms. The number of sulfonamides is 1. The van der Waals surface area contributed by atoms with E-state index in [4.69, 9.17) is 4.74 Å². The number of hydrogen-bond acceptors (Lipinski definition) is 4. The summed E-state index contributed by atoms with van der Waals surface area (Å²) in [4.78, 5) is 0.163. The van der Waals surface area contributed by atoms with Gasteiger partial charge in [-0.3, -0.25) is 0 Å². The van der Waals surface area contributed by atoms with Crippen molar-refractivity contribution in [1.82, 2.24) is 0 Å². The van der Waals surface area contributed by atoms with Gasteiger partial charge in [-0.1, -0.05) is 59.5 Å². The summed E-state index contributed by atoms with van der Waals surface area (Å²) in [5, 5.41) is 3.88. The standard InChI is InChI=1S/C20H24N2O3S/c1-16-11-13-19(14-12-16)26(23,24)22-21-15-17(2)7-6-9-18-8-4-5-10-20(18)25-3/h4-6,8-14,17H,7,15H2,1-3H3/b9-6+,22-21?. The van der Waals surface area contributed by atoms with E-state index in [2.05, 4.69) is 9.63 Å². The summed E-state index contributed by atoms with van der Waals surface area (Å²) in [7, 11) is -2.08. The maximum absolute atomic E-state index is 12.1. The van der Waals surface area contributed by atoms with Crippen LogP contribution in [0, 0.1) is 12.8 Å². The van der Waals surface area contributed by atoms with Gasteiger partial charge in [-0.2, -0.15) is 13.5 Å². The Kier molecular flexibility index (Phi) is 7.09. The molecule has 0 aliphatic heterocycles. The summed E-state index contributed by atoms with van der Waals surface area (Å²) in [6.07, 6.45) is 4.80. The molecular weight excluding hydrogens is 348 g/mol. The van der Waals surface area contributed by atoms with Crippen molar-refractivity contribution in [1.29, 1.82) is 0 Å². The third kappa shape index (κ3) is 5.81. The van der Waals surface area contributed by atoms with E-state index in [1.807, 2.05) is 50.3 Å². The number of benzene rings is 2. The Morgan fingerprint density at radius 1 is 1.12 bits per heavy atom. The second kappa shape index (κ2) is 9.29. The van der Waals surface area contributed by atoms with Crippen LogP contribution in [0.3, 0.4) is 0 Å². The Bertz CT molecular complexity index is 872. The predicted octanol–water partition coefficient (Wildman–Crippen LogP) is 4.88. The molecule has 0 radical (unpaired) electrons. The van der Waals surface area contributed by atoms with E-state index in [0.717, 1.165) is 23.3 Å². The summed E-state index contributed by atoms with van der Waals surface area (Å²) in [5.74, 6) is 0.998. The molecule has 0 aromatic heterocycles.